The lowest BCUT2D eigenvalue weighted by Crippen LogP contribution is -1.93. The Kier molecular flexibility index (Phi) is 4.24. The van der Waals surface area contributed by atoms with Crippen LogP contribution in [0, 0.1) is 22.7 Å². The van der Waals surface area contributed by atoms with Gasteiger partial charge in [-0.3, -0.25) is 0 Å². The van der Waals surface area contributed by atoms with Crippen LogP contribution in [0.15, 0.2) is 108 Å². The molecule has 0 amide bonds. The third kappa shape index (κ3) is 2.86. The molecular weight excluding hydrogens is 442 g/mol. The molecule has 0 fully saturated rings. The minimum Gasteiger partial charge on any atom is -0.456 e. The van der Waals surface area contributed by atoms with Crippen molar-refractivity contribution in [3.8, 4) is 29.0 Å². The zero-order chi connectivity index (χ0) is 24.2. The highest BCUT2D eigenvalue weighted by Crippen LogP contribution is 2.39. The van der Waals surface area contributed by atoms with Crippen molar-refractivity contribution in [2.24, 2.45) is 0 Å². The third-order valence-electron chi connectivity index (χ3n) is 6.82. The maximum Gasteiger partial charge on any atom is 0.136 e. The van der Waals surface area contributed by atoms with Gasteiger partial charge >= 0.3 is 0 Å². The van der Waals surface area contributed by atoms with Gasteiger partial charge in [-0.05, 0) is 65.7 Å². The Bertz CT molecular complexity index is 1990. The molecule has 5 aromatic carbocycles. The Balaban J connectivity index is 1.55. The number of hydrogen-bond acceptors (Lipinski definition) is 3. The summed E-state index contributed by atoms with van der Waals surface area (Å²) in [6.45, 7) is 0. The van der Waals surface area contributed by atoms with Gasteiger partial charge in [-0.1, -0.05) is 48.5 Å². The largest absolute Gasteiger partial charge is 0.456 e. The van der Waals surface area contributed by atoms with Crippen molar-refractivity contribution in [3.63, 3.8) is 0 Å². The molecular formula is C32H17N3O. The topological polar surface area (TPSA) is 65.7 Å². The average Bonchev–Trinajstić information content (AvgIpc) is 3.48. The van der Waals surface area contributed by atoms with Crippen LogP contribution < -0.4 is 0 Å². The number of nitriles is 2. The predicted molar refractivity (Wildman–Crippen MR) is 143 cm³/mol. The van der Waals surface area contributed by atoms with Gasteiger partial charge in [0.15, 0.2) is 0 Å². The third-order valence-corrected chi connectivity index (χ3v) is 6.82. The van der Waals surface area contributed by atoms with E-state index in [4.69, 9.17) is 4.42 Å². The summed E-state index contributed by atoms with van der Waals surface area (Å²) in [6.07, 6.45) is 0. The lowest BCUT2D eigenvalue weighted by molar-refractivity contribution is 0.669. The standard InChI is InChI=1S/C32H17N3O/c33-18-20-14-21(19-34)16-22(15-20)24-8-5-11-31-32(24)27-17-23(12-13-30(27)36-31)35-28-9-3-1-6-25(28)26-7-2-4-10-29(26)35/h1-17H. The lowest BCUT2D eigenvalue weighted by Gasteiger charge is -2.09. The monoisotopic (exact) mass is 459 g/mol. The van der Waals surface area contributed by atoms with Crippen molar-refractivity contribution in [1.82, 2.24) is 4.57 Å². The highest BCUT2D eigenvalue weighted by molar-refractivity contribution is 6.14. The first kappa shape index (κ1) is 20.1. The summed E-state index contributed by atoms with van der Waals surface area (Å²) in [5.74, 6) is 0. The minimum absolute atomic E-state index is 0.458. The van der Waals surface area contributed by atoms with Crippen molar-refractivity contribution >= 4 is 43.7 Å². The first-order valence-electron chi connectivity index (χ1n) is 11.6. The summed E-state index contributed by atoms with van der Waals surface area (Å²) < 4.78 is 8.52. The lowest BCUT2D eigenvalue weighted by atomic mass is 9.96. The highest BCUT2D eigenvalue weighted by atomic mass is 16.3. The first-order valence-corrected chi connectivity index (χ1v) is 11.6. The fourth-order valence-electron chi connectivity index (χ4n) is 5.31. The molecule has 0 aliphatic rings. The van der Waals surface area contributed by atoms with E-state index in [9.17, 15) is 10.5 Å². The Hall–Kier alpha value is -5.32. The van der Waals surface area contributed by atoms with E-state index in [-0.39, 0.29) is 0 Å². The van der Waals surface area contributed by atoms with E-state index >= 15 is 0 Å². The van der Waals surface area contributed by atoms with Gasteiger partial charge in [0, 0.05) is 27.2 Å². The molecule has 0 saturated carbocycles. The maximum atomic E-state index is 9.51. The second-order valence-electron chi connectivity index (χ2n) is 8.85. The van der Waals surface area contributed by atoms with Gasteiger partial charge < -0.3 is 8.98 Å². The molecule has 7 rings (SSSR count). The highest BCUT2D eigenvalue weighted by Gasteiger charge is 2.16. The van der Waals surface area contributed by atoms with Crippen molar-refractivity contribution in [3.05, 3.63) is 114 Å². The number of fused-ring (bicyclic) bond motifs is 6. The summed E-state index contributed by atoms with van der Waals surface area (Å²) in [7, 11) is 0. The number of benzene rings is 5. The Morgan fingerprint density at radius 1 is 0.583 bits per heavy atom. The van der Waals surface area contributed by atoms with Crippen LogP contribution in [0.3, 0.4) is 0 Å². The minimum atomic E-state index is 0.458. The number of furan rings is 1. The first-order chi connectivity index (χ1) is 17.7. The molecule has 0 bridgehead atoms. The van der Waals surface area contributed by atoms with Crippen molar-refractivity contribution < 1.29 is 4.42 Å². The molecule has 2 aromatic heterocycles. The molecule has 4 heteroatoms. The van der Waals surface area contributed by atoms with E-state index in [2.05, 4.69) is 77.4 Å². The second-order valence-corrected chi connectivity index (χ2v) is 8.85. The Labute approximate surface area is 206 Å². The SMILES string of the molecule is N#Cc1cc(C#N)cc(-c2cccc3oc4ccc(-n5c6ccccc6c6ccccc65)cc4c23)c1. The van der Waals surface area contributed by atoms with Gasteiger partial charge in [0.1, 0.15) is 11.2 Å². The van der Waals surface area contributed by atoms with Crippen molar-refractivity contribution in [1.29, 1.82) is 10.5 Å². The van der Waals surface area contributed by atoms with Crippen LogP contribution >= 0.6 is 0 Å². The van der Waals surface area contributed by atoms with E-state index in [1.165, 1.54) is 10.8 Å². The van der Waals surface area contributed by atoms with Gasteiger partial charge in [0.2, 0.25) is 0 Å². The molecule has 0 N–H and O–H groups in total. The van der Waals surface area contributed by atoms with Gasteiger partial charge in [0.05, 0.1) is 34.3 Å². The molecule has 0 spiro atoms. The average molecular weight is 460 g/mol. The van der Waals surface area contributed by atoms with Crippen molar-refractivity contribution in [2.75, 3.05) is 0 Å². The summed E-state index contributed by atoms with van der Waals surface area (Å²) in [5.41, 5.74) is 7.56. The molecule has 0 saturated heterocycles. The quantitative estimate of drug-likeness (QED) is 0.262. The summed E-state index contributed by atoms with van der Waals surface area (Å²) in [5, 5.41) is 23.4. The molecule has 0 aliphatic carbocycles. The van der Waals surface area contributed by atoms with Crippen molar-refractivity contribution in [2.45, 2.75) is 0 Å². The van der Waals surface area contributed by atoms with Gasteiger partial charge in [-0.2, -0.15) is 10.5 Å². The van der Waals surface area contributed by atoms with Crippen LogP contribution in [0.1, 0.15) is 11.1 Å². The number of para-hydroxylation sites is 2. The molecule has 4 nitrogen and oxygen atoms in total. The molecule has 0 atom stereocenters. The van der Waals surface area contributed by atoms with E-state index < -0.39 is 0 Å². The predicted octanol–water partition coefficient (Wildman–Crippen LogP) is 8.09. The molecule has 2 heterocycles. The van der Waals surface area contributed by atoms with E-state index in [0.717, 1.165) is 49.8 Å². The van der Waals surface area contributed by atoms with Gasteiger partial charge in [-0.25, -0.2) is 0 Å². The van der Waals surface area contributed by atoms with Gasteiger partial charge in [0.25, 0.3) is 0 Å². The maximum absolute atomic E-state index is 9.51. The van der Waals surface area contributed by atoms with Crippen LogP contribution in [0.25, 0.3) is 60.6 Å². The van der Waals surface area contributed by atoms with Crippen LogP contribution in [0.4, 0.5) is 0 Å². The molecule has 0 aliphatic heterocycles. The van der Waals surface area contributed by atoms with Crippen LogP contribution in [-0.2, 0) is 0 Å². The van der Waals surface area contributed by atoms with Crippen LogP contribution in [-0.4, -0.2) is 4.57 Å². The fraction of sp³-hybridized carbons (Fsp3) is 0. The smallest absolute Gasteiger partial charge is 0.136 e. The summed E-state index contributed by atoms with van der Waals surface area (Å²) >= 11 is 0. The van der Waals surface area contributed by atoms with E-state index in [0.29, 0.717) is 11.1 Å². The zero-order valence-corrected chi connectivity index (χ0v) is 19.1. The molecule has 36 heavy (non-hydrogen) atoms. The Morgan fingerprint density at radius 2 is 1.25 bits per heavy atom. The number of hydrogen-bond donors (Lipinski definition) is 0. The molecule has 0 radical (unpaired) electrons. The number of aromatic nitrogens is 1. The second kappa shape index (κ2) is 7.60. The van der Waals surface area contributed by atoms with Crippen LogP contribution in [0.5, 0.6) is 0 Å². The molecule has 166 valence electrons. The molecule has 7 aromatic rings. The van der Waals surface area contributed by atoms with Crippen LogP contribution in [0.2, 0.25) is 0 Å². The zero-order valence-electron chi connectivity index (χ0n) is 19.1. The van der Waals surface area contributed by atoms with Gasteiger partial charge in [-0.15, -0.1) is 0 Å². The normalized spacial score (nSPS) is 11.3. The number of nitrogens with zero attached hydrogens (tertiary/aromatic N) is 3. The Morgan fingerprint density at radius 3 is 1.92 bits per heavy atom. The fourth-order valence-corrected chi connectivity index (χ4v) is 5.31. The number of rotatable bonds is 2. The molecule has 0 unspecified atom stereocenters. The van der Waals surface area contributed by atoms with E-state index in [1.807, 2.05) is 36.4 Å². The van der Waals surface area contributed by atoms with E-state index in [1.54, 1.807) is 6.07 Å². The summed E-state index contributed by atoms with van der Waals surface area (Å²) in [6, 6.07) is 38.7. The summed E-state index contributed by atoms with van der Waals surface area (Å²) in [4.78, 5) is 0.